The Kier molecular flexibility index (Phi) is 3.90. The average Bonchev–Trinajstić information content (AvgIpc) is 2.53. The van der Waals surface area contributed by atoms with Crippen LogP contribution in [-0.4, -0.2) is 16.1 Å². The quantitative estimate of drug-likeness (QED) is 0.759. The predicted octanol–water partition coefficient (Wildman–Crippen LogP) is 4.76. The van der Waals surface area contributed by atoms with Crippen molar-refractivity contribution in [3.63, 3.8) is 0 Å². The van der Waals surface area contributed by atoms with Crippen molar-refractivity contribution in [1.82, 2.24) is 4.98 Å². The zero-order chi connectivity index (χ0) is 15.5. The number of carbonyl (C=O) groups is 1. The number of hydrogen-bond donors (Lipinski definition) is 1. The lowest BCUT2D eigenvalue weighted by atomic mass is 10.1. The van der Waals surface area contributed by atoms with E-state index < -0.39 is 5.97 Å². The van der Waals surface area contributed by atoms with Gasteiger partial charge in [0.2, 0.25) is 0 Å². The van der Waals surface area contributed by atoms with Crippen LogP contribution >= 0.6 is 11.6 Å². The molecular formula is C18H12ClNO2. The summed E-state index contributed by atoms with van der Waals surface area (Å²) < 4.78 is 0. The van der Waals surface area contributed by atoms with E-state index in [2.05, 4.69) is 4.98 Å². The molecule has 0 unspecified atom stereocenters. The molecule has 0 fully saturated rings. The van der Waals surface area contributed by atoms with Gasteiger partial charge in [-0.3, -0.25) is 0 Å². The monoisotopic (exact) mass is 309 g/mol. The zero-order valence-electron chi connectivity index (χ0n) is 11.5. The Balaban J connectivity index is 2.11. The summed E-state index contributed by atoms with van der Waals surface area (Å²) in [6.07, 6.45) is 3.45. The van der Waals surface area contributed by atoms with E-state index in [0.717, 1.165) is 16.5 Å². The van der Waals surface area contributed by atoms with Crippen LogP contribution in [0.15, 0.2) is 54.6 Å². The lowest BCUT2D eigenvalue weighted by molar-refractivity contribution is 0.0696. The maximum absolute atomic E-state index is 11.4. The first-order valence-corrected chi connectivity index (χ1v) is 7.08. The molecule has 0 aliphatic heterocycles. The SMILES string of the molecule is O=C(O)c1cc2ccccc2nc1/C=C/c1ccccc1Cl. The highest BCUT2D eigenvalue weighted by molar-refractivity contribution is 6.32. The van der Waals surface area contributed by atoms with Crippen molar-refractivity contribution in [2.75, 3.05) is 0 Å². The van der Waals surface area contributed by atoms with Crippen LogP contribution in [-0.2, 0) is 0 Å². The highest BCUT2D eigenvalue weighted by atomic mass is 35.5. The van der Waals surface area contributed by atoms with Crippen molar-refractivity contribution < 1.29 is 9.90 Å². The van der Waals surface area contributed by atoms with Gasteiger partial charge in [-0.15, -0.1) is 0 Å². The summed E-state index contributed by atoms with van der Waals surface area (Å²) in [7, 11) is 0. The lowest BCUT2D eigenvalue weighted by Gasteiger charge is -2.04. The first kappa shape index (κ1) is 14.3. The second-order valence-corrected chi connectivity index (χ2v) is 5.18. The van der Waals surface area contributed by atoms with E-state index in [1.54, 1.807) is 24.3 Å². The summed E-state index contributed by atoms with van der Waals surface area (Å²) in [4.78, 5) is 15.9. The van der Waals surface area contributed by atoms with Crippen molar-refractivity contribution in [3.8, 4) is 0 Å². The molecule has 2 aromatic carbocycles. The largest absolute Gasteiger partial charge is 0.478 e. The summed E-state index contributed by atoms with van der Waals surface area (Å²) >= 11 is 6.10. The molecule has 0 saturated heterocycles. The molecule has 1 N–H and O–H groups in total. The molecule has 3 nitrogen and oxygen atoms in total. The van der Waals surface area contributed by atoms with E-state index in [1.807, 2.05) is 42.5 Å². The lowest BCUT2D eigenvalue weighted by Crippen LogP contribution is -2.02. The second-order valence-electron chi connectivity index (χ2n) is 4.77. The van der Waals surface area contributed by atoms with E-state index in [-0.39, 0.29) is 5.56 Å². The van der Waals surface area contributed by atoms with Gasteiger partial charge < -0.3 is 5.11 Å². The number of hydrogen-bond acceptors (Lipinski definition) is 2. The van der Waals surface area contributed by atoms with E-state index in [0.29, 0.717) is 10.7 Å². The molecule has 4 heteroatoms. The molecule has 3 rings (SSSR count). The Morgan fingerprint density at radius 2 is 1.77 bits per heavy atom. The third-order valence-electron chi connectivity index (χ3n) is 3.31. The molecule has 22 heavy (non-hydrogen) atoms. The molecule has 0 spiro atoms. The third-order valence-corrected chi connectivity index (χ3v) is 3.65. The first-order chi connectivity index (χ1) is 10.6. The van der Waals surface area contributed by atoms with Crippen molar-refractivity contribution in [2.45, 2.75) is 0 Å². The third kappa shape index (κ3) is 2.85. The van der Waals surface area contributed by atoms with Crippen LogP contribution in [0.4, 0.5) is 0 Å². The summed E-state index contributed by atoms with van der Waals surface area (Å²) in [5.74, 6) is -1.00. The molecule has 0 atom stereocenters. The number of nitrogens with zero attached hydrogens (tertiary/aromatic N) is 1. The Morgan fingerprint density at radius 1 is 1.05 bits per heavy atom. The van der Waals surface area contributed by atoms with Gasteiger partial charge in [-0.25, -0.2) is 9.78 Å². The summed E-state index contributed by atoms with van der Waals surface area (Å²) in [6, 6.07) is 16.4. The smallest absolute Gasteiger partial charge is 0.337 e. The van der Waals surface area contributed by atoms with Gasteiger partial charge in [-0.1, -0.05) is 54.1 Å². The zero-order valence-corrected chi connectivity index (χ0v) is 12.3. The standard InChI is InChI=1S/C18H12ClNO2/c19-15-7-3-1-5-12(15)9-10-17-14(18(21)22)11-13-6-2-4-8-16(13)20-17/h1-11H,(H,21,22)/b10-9+. The number of pyridine rings is 1. The average molecular weight is 310 g/mol. The van der Waals surface area contributed by atoms with Gasteiger partial charge in [-0.05, 0) is 29.8 Å². The molecule has 0 amide bonds. The maximum Gasteiger partial charge on any atom is 0.337 e. The molecule has 0 saturated carbocycles. The summed E-state index contributed by atoms with van der Waals surface area (Å²) in [5, 5.41) is 10.8. The second kappa shape index (κ2) is 6.00. The Morgan fingerprint density at radius 3 is 2.55 bits per heavy atom. The number of para-hydroxylation sites is 1. The van der Waals surface area contributed by atoms with Crippen molar-refractivity contribution in [2.24, 2.45) is 0 Å². The minimum absolute atomic E-state index is 0.169. The van der Waals surface area contributed by atoms with Crippen LogP contribution in [0.5, 0.6) is 0 Å². The topological polar surface area (TPSA) is 50.2 Å². The molecule has 1 heterocycles. The van der Waals surface area contributed by atoms with Crippen LogP contribution in [0.25, 0.3) is 23.1 Å². The Labute approximate surface area is 132 Å². The Hall–Kier alpha value is -2.65. The highest BCUT2D eigenvalue weighted by Gasteiger charge is 2.11. The van der Waals surface area contributed by atoms with E-state index in [9.17, 15) is 9.90 Å². The van der Waals surface area contributed by atoms with Gasteiger partial charge in [0.1, 0.15) is 0 Å². The fraction of sp³-hybridized carbons (Fsp3) is 0. The number of aromatic nitrogens is 1. The van der Waals surface area contributed by atoms with Gasteiger partial charge in [-0.2, -0.15) is 0 Å². The molecule has 108 valence electrons. The summed E-state index contributed by atoms with van der Waals surface area (Å²) in [6.45, 7) is 0. The van der Waals surface area contributed by atoms with Crippen molar-refractivity contribution >= 4 is 40.6 Å². The van der Waals surface area contributed by atoms with E-state index >= 15 is 0 Å². The number of fused-ring (bicyclic) bond motifs is 1. The van der Waals surface area contributed by atoms with Crippen molar-refractivity contribution in [3.05, 3.63) is 76.4 Å². The molecule has 0 aliphatic carbocycles. The highest BCUT2D eigenvalue weighted by Crippen LogP contribution is 2.21. The number of rotatable bonds is 3. The molecule has 0 radical (unpaired) electrons. The van der Waals surface area contributed by atoms with Gasteiger partial charge in [0, 0.05) is 10.4 Å². The molecule has 1 aromatic heterocycles. The van der Waals surface area contributed by atoms with Crippen molar-refractivity contribution in [1.29, 1.82) is 0 Å². The Bertz CT molecular complexity index is 887. The normalized spacial score (nSPS) is 11.1. The van der Waals surface area contributed by atoms with Gasteiger partial charge in [0.15, 0.2) is 0 Å². The fourth-order valence-electron chi connectivity index (χ4n) is 2.21. The van der Waals surface area contributed by atoms with Gasteiger partial charge in [0.25, 0.3) is 0 Å². The van der Waals surface area contributed by atoms with E-state index in [4.69, 9.17) is 11.6 Å². The van der Waals surface area contributed by atoms with Gasteiger partial charge >= 0.3 is 5.97 Å². The number of benzene rings is 2. The van der Waals surface area contributed by atoms with Crippen LogP contribution in [0.3, 0.4) is 0 Å². The van der Waals surface area contributed by atoms with E-state index in [1.165, 1.54) is 0 Å². The molecular weight excluding hydrogens is 298 g/mol. The fourth-order valence-corrected chi connectivity index (χ4v) is 2.41. The van der Waals surface area contributed by atoms with Gasteiger partial charge in [0.05, 0.1) is 16.8 Å². The molecule has 0 aliphatic rings. The summed E-state index contributed by atoms with van der Waals surface area (Å²) in [5.41, 5.74) is 2.15. The van der Waals surface area contributed by atoms with Crippen LogP contribution < -0.4 is 0 Å². The first-order valence-electron chi connectivity index (χ1n) is 6.71. The minimum atomic E-state index is -1.00. The van der Waals surface area contributed by atoms with Crippen LogP contribution in [0.2, 0.25) is 5.02 Å². The minimum Gasteiger partial charge on any atom is -0.478 e. The number of aromatic carboxylic acids is 1. The van der Waals surface area contributed by atoms with Crippen LogP contribution in [0, 0.1) is 0 Å². The molecule has 0 bridgehead atoms. The van der Waals surface area contributed by atoms with Crippen LogP contribution in [0.1, 0.15) is 21.6 Å². The number of carboxylic acids is 1. The predicted molar refractivity (Wildman–Crippen MR) is 89.1 cm³/mol. The number of carboxylic acid groups (broad SMARTS) is 1. The number of halogens is 1. The molecule has 3 aromatic rings. The maximum atomic E-state index is 11.4.